The first-order valence-electron chi connectivity index (χ1n) is 8.95. The molecule has 2 N–H and O–H groups in total. The molecular formula is C19H29N3O2. The molecule has 0 bridgehead atoms. The Kier molecular flexibility index (Phi) is 6.64. The van der Waals surface area contributed by atoms with E-state index >= 15 is 0 Å². The van der Waals surface area contributed by atoms with Crippen LogP contribution < -0.4 is 10.6 Å². The Bertz CT molecular complexity index is 578. The monoisotopic (exact) mass is 331 g/mol. The minimum absolute atomic E-state index is 0.0312. The van der Waals surface area contributed by atoms with Gasteiger partial charge in [0.05, 0.1) is 0 Å². The van der Waals surface area contributed by atoms with Gasteiger partial charge in [-0.05, 0) is 48.8 Å². The normalized spacial score (nSPS) is 15.2. The van der Waals surface area contributed by atoms with Crippen LogP contribution in [0.2, 0.25) is 0 Å². The summed E-state index contributed by atoms with van der Waals surface area (Å²) in [6.07, 6.45) is 4.18. The van der Waals surface area contributed by atoms with E-state index < -0.39 is 0 Å². The summed E-state index contributed by atoms with van der Waals surface area (Å²) in [6, 6.07) is 6.27. The highest BCUT2D eigenvalue weighted by Crippen LogP contribution is 2.23. The maximum absolute atomic E-state index is 12.6. The molecule has 1 heterocycles. The van der Waals surface area contributed by atoms with Crippen molar-refractivity contribution in [2.75, 3.05) is 25.5 Å². The van der Waals surface area contributed by atoms with E-state index in [1.165, 1.54) is 5.56 Å². The Morgan fingerprint density at radius 3 is 2.46 bits per heavy atom. The molecule has 0 saturated carbocycles. The lowest BCUT2D eigenvalue weighted by atomic mass is 9.93. The van der Waals surface area contributed by atoms with Crippen LogP contribution in [0.3, 0.4) is 0 Å². The molecule has 2 rings (SSSR count). The van der Waals surface area contributed by atoms with E-state index in [2.05, 4.69) is 42.7 Å². The number of hydrogen-bond donors (Lipinski definition) is 2. The lowest BCUT2D eigenvalue weighted by molar-refractivity contribution is -0.121. The maximum Gasteiger partial charge on any atom is 0.321 e. The molecule has 3 amide bonds. The van der Waals surface area contributed by atoms with Gasteiger partial charge in [-0.3, -0.25) is 4.79 Å². The largest absolute Gasteiger partial charge is 0.359 e. The SMILES string of the molecule is CCc1ccc(CC)c(NC(=O)N2CCC(CC(=O)NC)CC2)c1. The average molecular weight is 331 g/mol. The molecule has 1 aliphatic rings. The summed E-state index contributed by atoms with van der Waals surface area (Å²) in [5.74, 6) is 0.463. The Morgan fingerprint density at radius 1 is 1.17 bits per heavy atom. The number of anilines is 1. The fourth-order valence-corrected chi connectivity index (χ4v) is 3.17. The zero-order chi connectivity index (χ0) is 17.5. The molecule has 132 valence electrons. The molecule has 0 aliphatic carbocycles. The molecule has 0 atom stereocenters. The highest BCUT2D eigenvalue weighted by atomic mass is 16.2. The van der Waals surface area contributed by atoms with Crippen LogP contribution in [0.15, 0.2) is 18.2 Å². The zero-order valence-electron chi connectivity index (χ0n) is 15.0. The number of amides is 3. The lowest BCUT2D eigenvalue weighted by Gasteiger charge is -2.32. The van der Waals surface area contributed by atoms with Crippen molar-refractivity contribution in [2.24, 2.45) is 5.92 Å². The summed E-state index contributed by atoms with van der Waals surface area (Å²) in [4.78, 5) is 25.9. The van der Waals surface area contributed by atoms with Gasteiger partial charge in [-0.1, -0.05) is 26.0 Å². The Hall–Kier alpha value is -2.04. The molecule has 1 aromatic rings. The van der Waals surface area contributed by atoms with Gasteiger partial charge in [-0.25, -0.2) is 4.79 Å². The van der Waals surface area contributed by atoms with Crippen molar-refractivity contribution in [3.05, 3.63) is 29.3 Å². The third-order valence-corrected chi connectivity index (χ3v) is 4.86. The van der Waals surface area contributed by atoms with E-state index in [0.29, 0.717) is 25.4 Å². The summed E-state index contributed by atoms with van der Waals surface area (Å²) in [5.41, 5.74) is 3.32. The fraction of sp³-hybridized carbons (Fsp3) is 0.579. The lowest BCUT2D eigenvalue weighted by Crippen LogP contribution is -2.41. The van der Waals surface area contributed by atoms with Gasteiger partial charge in [0.2, 0.25) is 5.91 Å². The number of aryl methyl sites for hydroxylation is 2. The van der Waals surface area contributed by atoms with Gasteiger partial charge in [-0.15, -0.1) is 0 Å². The number of rotatable bonds is 5. The number of nitrogens with zero attached hydrogens (tertiary/aromatic N) is 1. The summed E-state index contributed by atoms with van der Waals surface area (Å²) < 4.78 is 0. The summed E-state index contributed by atoms with van der Waals surface area (Å²) in [7, 11) is 1.67. The number of hydrogen-bond acceptors (Lipinski definition) is 2. The van der Waals surface area contributed by atoms with Crippen molar-refractivity contribution in [1.29, 1.82) is 0 Å². The molecule has 5 nitrogen and oxygen atoms in total. The van der Waals surface area contributed by atoms with Crippen LogP contribution in [0, 0.1) is 5.92 Å². The van der Waals surface area contributed by atoms with Crippen LogP contribution in [-0.4, -0.2) is 37.0 Å². The number of piperidine rings is 1. The minimum atomic E-state index is -0.0312. The molecule has 24 heavy (non-hydrogen) atoms. The third-order valence-electron chi connectivity index (χ3n) is 4.86. The molecule has 1 saturated heterocycles. The highest BCUT2D eigenvalue weighted by Gasteiger charge is 2.24. The molecule has 0 radical (unpaired) electrons. The maximum atomic E-state index is 12.6. The third kappa shape index (κ3) is 4.73. The Morgan fingerprint density at radius 2 is 1.88 bits per heavy atom. The standard InChI is InChI=1S/C19H29N3O2/c1-4-14-6-7-16(5-2)17(12-14)21-19(24)22-10-8-15(9-11-22)13-18(23)20-3/h6-7,12,15H,4-5,8-11,13H2,1-3H3,(H,20,23)(H,21,24). The van der Waals surface area contributed by atoms with E-state index in [1.807, 2.05) is 4.90 Å². The quantitative estimate of drug-likeness (QED) is 0.870. The highest BCUT2D eigenvalue weighted by molar-refractivity contribution is 5.90. The first kappa shape index (κ1) is 18.3. The van der Waals surface area contributed by atoms with Crippen LogP contribution in [0.4, 0.5) is 10.5 Å². The Labute approximate surface area is 144 Å². The predicted molar refractivity (Wildman–Crippen MR) is 97.2 cm³/mol. The number of nitrogens with one attached hydrogen (secondary N) is 2. The Balaban J connectivity index is 1.93. The number of carbonyl (C=O) groups excluding carboxylic acids is 2. The topological polar surface area (TPSA) is 61.4 Å². The second-order valence-corrected chi connectivity index (χ2v) is 6.44. The molecular weight excluding hydrogens is 302 g/mol. The summed E-state index contributed by atoms with van der Waals surface area (Å²) >= 11 is 0. The van der Waals surface area contributed by atoms with Gasteiger partial charge >= 0.3 is 6.03 Å². The number of urea groups is 1. The molecule has 1 aliphatic heterocycles. The summed E-state index contributed by atoms with van der Waals surface area (Å²) in [6.45, 7) is 5.63. The number of carbonyl (C=O) groups is 2. The minimum Gasteiger partial charge on any atom is -0.359 e. The number of likely N-dealkylation sites (tertiary alicyclic amines) is 1. The van der Waals surface area contributed by atoms with E-state index in [9.17, 15) is 9.59 Å². The molecule has 0 aromatic heterocycles. The van der Waals surface area contributed by atoms with Crippen molar-refractivity contribution in [2.45, 2.75) is 46.0 Å². The van der Waals surface area contributed by atoms with Gasteiger partial charge in [0, 0.05) is 32.2 Å². The van der Waals surface area contributed by atoms with E-state index in [1.54, 1.807) is 7.05 Å². The van der Waals surface area contributed by atoms with Crippen molar-refractivity contribution < 1.29 is 9.59 Å². The van der Waals surface area contributed by atoms with Crippen molar-refractivity contribution in [3.63, 3.8) is 0 Å². The zero-order valence-corrected chi connectivity index (χ0v) is 15.0. The van der Waals surface area contributed by atoms with E-state index in [0.717, 1.165) is 36.9 Å². The van der Waals surface area contributed by atoms with Gasteiger partial charge in [-0.2, -0.15) is 0 Å². The molecule has 5 heteroatoms. The fourth-order valence-electron chi connectivity index (χ4n) is 3.17. The first-order chi connectivity index (χ1) is 11.6. The number of benzene rings is 1. The molecule has 1 fully saturated rings. The van der Waals surface area contributed by atoms with Gasteiger partial charge in [0.15, 0.2) is 0 Å². The summed E-state index contributed by atoms with van der Waals surface area (Å²) in [5, 5.41) is 5.75. The first-order valence-corrected chi connectivity index (χ1v) is 8.95. The van der Waals surface area contributed by atoms with E-state index in [-0.39, 0.29) is 11.9 Å². The van der Waals surface area contributed by atoms with Crippen LogP contribution in [0.25, 0.3) is 0 Å². The molecule has 0 unspecified atom stereocenters. The predicted octanol–water partition coefficient (Wildman–Crippen LogP) is 3.19. The van der Waals surface area contributed by atoms with Crippen molar-refractivity contribution >= 4 is 17.6 Å². The van der Waals surface area contributed by atoms with Gasteiger partial charge < -0.3 is 15.5 Å². The molecule has 1 aromatic carbocycles. The van der Waals surface area contributed by atoms with Crippen LogP contribution in [-0.2, 0) is 17.6 Å². The van der Waals surface area contributed by atoms with Crippen LogP contribution in [0.1, 0.15) is 44.2 Å². The van der Waals surface area contributed by atoms with Crippen LogP contribution in [0.5, 0.6) is 0 Å². The second-order valence-electron chi connectivity index (χ2n) is 6.44. The smallest absolute Gasteiger partial charge is 0.321 e. The van der Waals surface area contributed by atoms with Crippen molar-refractivity contribution in [3.8, 4) is 0 Å². The van der Waals surface area contributed by atoms with E-state index in [4.69, 9.17) is 0 Å². The average Bonchev–Trinajstić information content (AvgIpc) is 2.62. The van der Waals surface area contributed by atoms with Crippen molar-refractivity contribution in [1.82, 2.24) is 10.2 Å². The van der Waals surface area contributed by atoms with Gasteiger partial charge in [0.25, 0.3) is 0 Å². The second kappa shape index (κ2) is 8.71. The van der Waals surface area contributed by atoms with Crippen LogP contribution >= 0.6 is 0 Å². The molecule has 0 spiro atoms. The van der Waals surface area contributed by atoms with Gasteiger partial charge in [0.1, 0.15) is 0 Å².